The van der Waals surface area contributed by atoms with Crippen molar-refractivity contribution in [3.8, 4) is 0 Å². The van der Waals surface area contributed by atoms with Gasteiger partial charge < -0.3 is 4.90 Å². The van der Waals surface area contributed by atoms with Crippen molar-refractivity contribution in [2.45, 2.75) is 0 Å². The molecule has 0 aromatic rings. The normalized spacial score (nSPS) is 22.9. The van der Waals surface area contributed by atoms with Crippen LogP contribution in [0.3, 0.4) is 0 Å². The summed E-state index contributed by atoms with van der Waals surface area (Å²) in [4.78, 5) is 1.97. The van der Waals surface area contributed by atoms with Gasteiger partial charge in [-0.1, -0.05) is 6.58 Å². The van der Waals surface area contributed by atoms with Crippen LogP contribution in [-0.2, 0) is 0 Å². The molecule has 1 fully saturated rings. The van der Waals surface area contributed by atoms with Gasteiger partial charge in [-0.25, -0.2) is 0 Å². The molecule has 1 rings (SSSR count). The Morgan fingerprint density at radius 3 is 2.67 bits per heavy atom. The van der Waals surface area contributed by atoms with Gasteiger partial charge in [-0.3, -0.25) is 0 Å². The third kappa shape index (κ3) is 1.42. The first-order chi connectivity index (χ1) is 4.20. The van der Waals surface area contributed by atoms with E-state index in [0.29, 0.717) is 13.1 Å². The first kappa shape index (κ1) is 6.55. The fourth-order valence-corrected chi connectivity index (χ4v) is 0.814. The van der Waals surface area contributed by atoms with Crippen molar-refractivity contribution in [2.24, 2.45) is 0 Å². The van der Waals surface area contributed by atoms with Gasteiger partial charge in [-0.2, -0.15) is 0 Å². The van der Waals surface area contributed by atoms with Crippen LogP contribution in [0.4, 0.5) is 4.48 Å². The van der Waals surface area contributed by atoms with E-state index >= 15 is 0 Å². The largest absolute Gasteiger partial charge is 0.376 e. The molecule has 1 saturated heterocycles. The molecule has 0 amide bonds. The molecule has 0 atom stereocenters. The molecule has 0 radical (unpaired) electrons. The van der Waals surface area contributed by atoms with Crippen molar-refractivity contribution >= 4 is 0 Å². The number of likely N-dealkylation sites (N-methyl/N-ethyl adjacent to an activating group) is 1. The summed E-state index contributed by atoms with van der Waals surface area (Å²) >= 11 is 0. The SMILES string of the molecule is C=C1CN(F)CCN1C. The van der Waals surface area contributed by atoms with Crippen LogP contribution >= 0.6 is 0 Å². The van der Waals surface area contributed by atoms with Crippen molar-refractivity contribution in [2.75, 3.05) is 26.7 Å². The molecule has 0 unspecified atom stereocenters. The second-order valence-corrected chi connectivity index (χ2v) is 2.33. The number of rotatable bonds is 0. The monoisotopic (exact) mass is 130 g/mol. The van der Waals surface area contributed by atoms with Crippen LogP contribution in [0, 0.1) is 0 Å². The molecule has 0 saturated carbocycles. The van der Waals surface area contributed by atoms with Crippen LogP contribution in [0.5, 0.6) is 0 Å². The van der Waals surface area contributed by atoms with Crippen LogP contribution in [0.1, 0.15) is 0 Å². The van der Waals surface area contributed by atoms with Crippen LogP contribution < -0.4 is 0 Å². The summed E-state index contributed by atoms with van der Waals surface area (Å²) in [5.74, 6) is 0. The lowest BCUT2D eigenvalue weighted by Gasteiger charge is -2.29. The lowest BCUT2D eigenvalue weighted by atomic mass is 10.3. The second-order valence-electron chi connectivity index (χ2n) is 2.33. The zero-order valence-corrected chi connectivity index (χ0v) is 5.60. The molecule has 1 aliphatic rings. The Kier molecular flexibility index (Phi) is 1.71. The Bertz CT molecular complexity index is 124. The van der Waals surface area contributed by atoms with Crippen LogP contribution in [0.25, 0.3) is 0 Å². The minimum atomic E-state index is 0.358. The molecule has 0 bridgehead atoms. The average molecular weight is 130 g/mol. The Hall–Kier alpha value is -0.570. The third-order valence-corrected chi connectivity index (χ3v) is 1.57. The molecule has 0 spiro atoms. The quantitative estimate of drug-likeness (QED) is 0.444. The maximum Gasteiger partial charge on any atom is 0.0685 e. The first-order valence-electron chi connectivity index (χ1n) is 3.00. The van der Waals surface area contributed by atoms with Crippen molar-refractivity contribution in [3.05, 3.63) is 12.3 Å². The van der Waals surface area contributed by atoms with E-state index in [1.165, 1.54) is 0 Å². The third-order valence-electron chi connectivity index (χ3n) is 1.57. The molecule has 52 valence electrons. The summed E-state index contributed by atoms with van der Waals surface area (Å²) in [6, 6.07) is 0. The predicted molar refractivity (Wildman–Crippen MR) is 34.5 cm³/mol. The van der Waals surface area contributed by atoms with Gasteiger partial charge >= 0.3 is 0 Å². The summed E-state index contributed by atoms with van der Waals surface area (Å²) in [5.41, 5.74) is 0.851. The molecule has 0 N–H and O–H groups in total. The van der Waals surface area contributed by atoms with E-state index in [-0.39, 0.29) is 0 Å². The van der Waals surface area contributed by atoms with E-state index < -0.39 is 0 Å². The van der Waals surface area contributed by atoms with Gasteiger partial charge in [0.2, 0.25) is 0 Å². The van der Waals surface area contributed by atoms with Gasteiger partial charge in [0.1, 0.15) is 0 Å². The minimum Gasteiger partial charge on any atom is -0.376 e. The second kappa shape index (κ2) is 2.35. The highest BCUT2D eigenvalue weighted by Crippen LogP contribution is 2.07. The standard InChI is InChI=1S/C6H11FN2/c1-6-5-9(7)4-3-8(6)2/h1,3-5H2,2H3. The lowest BCUT2D eigenvalue weighted by Crippen LogP contribution is -2.38. The maximum atomic E-state index is 12.4. The Labute approximate surface area is 54.5 Å². The fourth-order valence-electron chi connectivity index (χ4n) is 0.814. The molecule has 3 heteroatoms. The Balaban J connectivity index is 2.44. The smallest absolute Gasteiger partial charge is 0.0685 e. The number of hydrogen-bond donors (Lipinski definition) is 0. The Morgan fingerprint density at radius 2 is 2.22 bits per heavy atom. The topological polar surface area (TPSA) is 6.48 Å². The van der Waals surface area contributed by atoms with Crippen molar-refractivity contribution in [1.82, 2.24) is 10.0 Å². The molecule has 0 aromatic carbocycles. The first-order valence-corrected chi connectivity index (χ1v) is 3.00. The van der Waals surface area contributed by atoms with Gasteiger partial charge in [0.15, 0.2) is 0 Å². The molecule has 1 aliphatic heterocycles. The van der Waals surface area contributed by atoms with Crippen molar-refractivity contribution in [3.63, 3.8) is 0 Å². The van der Waals surface area contributed by atoms with Crippen molar-refractivity contribution < 1.29 is 4.48 Å². The maximum absolute atomic E-state index is 12.4. The zero-order chi connectivity index (χ0) is 6.85. The summed E-state index contributed by atoms with van der Waals surface area (Å²) < 4.78 is 12.4. The minimum absolute atomic E-state index is 0.358. The Morgan fingerprint density at radius 1 is 1.56 bits per heavy atom. The van der Waals surface area contributed by atoms with Crippen LogP contribution in [0.2, 0.25) is 0 Å². The zero-order valence-electron chi connectivity index (χ0n) is 5.60. The molecule has 0 aliphatic carbocycles. The van der Waals surface area contributed by atoms with Crippen molar-refractivity contribution in [1.29, 1.82) is 0 Å². The van der Waals surface area contributed by atoms with Gasteiger partial charge in [0.05, 0.1) is 6.54 Å². The van der Waals surface area contributed by atoms with Gasteiger partial charge in [-0.05, 0) is 0 Å². The van der Waals surface area contributed by atoms with E-state index in [9.17, 15) is 4.48 Å². The number of piperazine rings is 1. The van der Waals surface area contributed by atoms with E-state index in [4.69, 9.17) is 0 Å². The predicted octanol–water partition coefficient (Wildman–Crippen LogP) is 0.632. The number of nitrogens with zero attached hydrogens (tertiary/aromatic N) is 2. The molecule has 2 nitrogen and oxygen atoms in total. The summed E-state index contributed by atoms with van der Waals surface area (Å²) in [6.45, 7) is 5.29. The molecular weight excluding hydrogens is 119 g/mol. The van der Waals surface area contributed by atoms with Gasteiger partial charge in [0, 0.05) is 25.8 Å². The molecule has 0 aromatic heterocycles. The van der Waals surface area contributed by atoms with E-state index in [1.54, 1.807) is 0 Å². The molecular formula is C6H11FN2. The van der Waals surface area contributed by atoms with E-state index in [2.05, 4.69) is 6.58 Å². The number of hydrogen-bond acceptors (Lipinski definition) is 2. The van der Waals surface area contributed by atoms with E-state index in [0.717, 1.165) is 17.4 Å². The van der Waals surface area contributed by atoms with Gasteiger partial charge in [0.25, 0.3) is 0 Å². The average Bonchev–Trinajstić information content (AvgIpc) is 1.80. The summed E-state index contributed by atoms with van der Waals surface area (Å²) in [7, 11) is 1.93. The van der Waals surface area contributed by atoms with Crippen LogP contribution in [0.15, 0.2) is 12.3 Å². The van der Waals surface area contributed by atoms with E-state index in [1.807, 2.05) is 11.9 Å². The van der Waals surface area contributed by atoms with Gasteiger partial charge in [-0.15, -0.1) is 9.60 Å². The lowest BCUT2D eigenvalue weighted by molar-refractivity contribution is 0.00418. The van der Waals surface area contributed by atoms with Crippen LogP contribution in [-0.4, -0.2) is 36.7 Å². The number of halogens is 1. The highest BCUT2D eigenvalue weighted by atomic mass is 19.2. The highest BCUT2D eigenvalue weighted by molar-refractivity contribution is 4.97. The fraction of sp³-hybridized carbons (Fsp3) is 0.667. The summed E-state index contributed by atoms with van der Waals surface area (Å²) in [6.07, 6.45) is 0. The molecule has 9 heavy (non-hydrogen) atoms. The summed E-state index contributed by atoms with van der Waals surface area (Å²) in [5, 5.41) is 0.780. The highest BCUT2D eigenvalue weighted by Gasteiger charge is 2.14. The molecule has 1 heterocycles.